The summed E-state index contributed by atoms with van der Waals surface area (Å²) in [5, 5.41) is 15.5. The Morgan fingerprint density at radius 1 is 1.00 bits per heavy atom. The molecule has 0 aromatic carbocycles. The first-order valence-electron chi connectivity index (χ1n) is 0.938. The Hall–Kier alpha value is 1.77. The van der Waals surface area contributed by atoms with Crippen molar-refractivity contribution in [3.8, 4) is 0 Å². The van der Waals surface area contributed by atoms with Crippen molar-refractivity contribution in [2.45, 2.75) is 0 Å². The molecule has 0 unspecified atom stereocenters. The molecule has 0 saturated heterocycles. The van der Waals surface area contributed by atoms with Crippen LogP contribution in [0, 0.1) is 40.8 Å². The van der Waals surface area contributed by atoms with Crippen LogP contribution >= 0.6 is 23.6 Å². The summed E-state index contributed by atoms with van der Waals surface area (Å²) in [6.45, 7) is 0. The molecule has 0 bridgehead atoms. The van der Waals surface area contributed by atoms with Crippen LogP contribution in [0.15, 0.2) is 0 Å². The van der Waals surface area contributed by atoms with Crippen molar-refractivity contribution in [3.63, 3.8) is 0 Å². The van der Waals surface area contributed by atoms with Gasteiger partial charge in [0.15, 0.2) is 0 Å². The number of hydrogen-bond acceptors (Lipinski definition) is 4. The molecule has 42 valence electrons. The fourth-order valence-electron chi connectivity index (χ4n) is 0. The number of hydrazine groups is 1. The molecule has 0 rings (SSSR count). The standard InChI is InChI=1S/Cl2H2N2O2.Nd/c1-3(5)4(2)6;/h5-6H;. The van der Waals surface area contributed by atoms with Crippen molar-refractivity contribution in [1.82, 2.24) is 9.38 Å². The van der Waals surface area contributed by atoms with Gasteiger partial charge in [-0.3, -0.25) is 10.4 Å². The van der Waals surface area contributed by atoms with Crippen LogP contribution in [0.2, 0.25) is 0 Å². The third-order valence-corrected chi connectivity index (χ3v) is 0.500. The zero-order valence-corrected chi connectivity index (χ0v) is 7.76. The molecule has 0 spiro atoms. The van der Waals surface area contributed by atoms with Crippen molar-refractivity contribution >= 4 is 23.6 Å². The molecule has 0 aromatic rings. The van der Waals surface area contributed by atoms with Crippen molar-refractivity contribution < 1.29 is 51.3 Å². The van der Waals surface area contributed by atoms with Gasteiger partial charge < -0.3 is 0 Å². The summed E-state index contributed by atoms with van der Waals surface area (Å²) >= 11 is 9.09. The fraction of sp³-hybridized carbons (Fsp3) is 0. The Labute approximate surface area is 83.2 Å². The number of halogens is 2. The first-order chi connectivity index (χ1) is 2.64. The zero-order chi connectivity index (χ0) is 5.15. The van der Waals surface area contributed by atoms with Crippen molar-refractivity contribution in [2.24, 2.45) is 0 Å². The Kier molecular flexibility index (Phi) is 9.74. The van der Waals surface area contributed by atoms with Crippen LogP contribution in [0.3, 0.4) is 0 Å². The SMILES string of the molecule is ON(Cl)N(O)Cl.[Nd]. The predicted molar refractivity (Wildman–Crippen MR) is 19.0 cm³/mol. The number of rotatable bonds is 1. The minimum Gasteiger partial charge on any atom is -0.282 e. The van der Waals surface area contributed by atoms with Gasteiger partial charge in [0.25, 0.3) is 0 Å². The molecule has 0 aliphatic heterocycles. The van der Waals surface area contributed by atoms with Gasteiger partial charge in [0.05, 0.1) is 0 Å². The van der Waals surface area contributed by atoms with Crippen LogP contribution in [0.4, 0.5) is 0 Å². The van der Waals surface area contributed by atoms with E-state index in [9.17, 15) is 0 Å². The third-order valence-electron chi connectivity index (χ3n) is 0.136. The molecule has 0 fully saturated rings. The predicted octanol–water partition coefficient (Wildman–Crippen LogP) is 0.591. The molecule has 0 aliphatic rings. The molecule has 0 aliphatic carbocycles. The van der Waals surface area contributed by atoms with E-state index in [4.69, 9.17) is 10.4 Å². The minimum atomic E-state index is -0.207. The molecular weight excluding hydrogens is 275 g/mol. The van der Waals surface area contributed by atoms with Gasteiger partial charge in [0.1, 0.15) is 0 Å². The summed E-state index contributed by atoms with van der Waals surface area (Å²) < 4.78 is -0.414. The second-order valence-electron chi connectivity index (χ2n) is 0.481. The van der Waals surface area contributed by atoms with Crippen molar-refractivity contribution in [3.05, 3.63) is 0 Å². The zero-order valence-electron chi connectivity index (χ0n) is 3.04. The second kappa shape index (κ2) is 5.90. The van der Waals surface area contributed by atoms with E-state index in [0.717, 1.165) is 0 Å². The molecule has 0 heterocycles. The van der Waals surface area contributed by atoms with Crippen molar-refractivity contribution in [1.29, 1.82) is 0 Å². The first-order valence-corrected chi connectivity index (χ1v) is 1.61. The largest absolute Gasteiger partial charge is 0.282 e. The fourth-order valence-corrected chi connectivity index (χ4v) is 0. The van der Waals surface area contributed by atoms with Crippen LogP contribution in [0.5, 0.6) is 0 Å². The molecule has 0 amide bonds. The summed E-state index contributed by atoms with van der Waals surface area (Å²) in [7, 11) is 0. The quantitative estimate of drug-likeness (QED) is 0.544. The average molecular weight is 277 g/mol. The van der Waals surface area contributed by atoms with Gasteiger partial charge in [-0.2, -0.15) is 0 Å². The molecule has 7 heavy (non-hydrogen) atoms. The molecule has 2 N–H and O–H groups in total. The van der Waals surface area contributed by atoms with E-state index in [2.05, 4.69) is 23.6 Å². The summed E-state index contributed by atoms with van der Waals surface area (Å²) in [6, 6.07) is 0. The number of nitrogens with zero attached hydrogens (tertiary/aromatic N) is 2. The maximum absolute atomic E-state index is 7.77. The van der Waals surface area contributed by atoms with Gasteiger partial charge in [0.2, 0.25) is 0 Å². The summed E-state index contributed by atoms with van der Waals surface area (Å²) in [6.07, 6.45) is 0. The maximum atomic E-state index is 7.77. The van der Waals surface area contributed by atoms with E-state index in [1.807, 2.05) is 0 Å². The molecule has 4 nitrogen and oxygen atoms in total. The van der Waals surface area contributed by atoms with Gasteiger partial charge in [0, 0.05) is 73.8 Å². The van der Waals surface area contributed by atoms with Gasteiger partial charge in [-0.25, -0.2) is 0 Å². The van der Waals surface area contributed by atoms with Crippen LogP contribution in [0.1, 0.15) is 0 Å². The molecule has 0 atom stereocenters. The van der Waals surface area contributed by atoms with Gasteiger partial charge in [-0.05, 0) is 0 Å². The molecule has 0 radical (unpaired) electrons. The van der Waals surface area contributed by atoms with E-state index < -0.39 is 0 Å². The van der Waals surface area contributed by atoms with Gasteiger partial charge >= 0.3 is 0 Å². The Balaban J connectivity index is 0. The Bertz CT molecular complexity index is 34.7. The normalized spacial score (nSPS) is 9.43. The maximum Gasteiger partial charge on any atom is 0.0285 e. The molecular formula is H2Cl2N2NdO2. The Morgan fingerprint density at radius 2 is 1.14 bits per heavy atom. The van der Waals surface area contributed by atoms with Crippen LogP contribution < -0.4 is 0 Å². The van der Waals surface area contributed by atoms with Gasteiger partial charge in [-0.1, -0.05) is 0 Å². The summed E-state index contributed by atoms with van der Waals surface area (Å²) in [5.74, 6) is 0. The number of hydrogen-bond donors (Lipinski definition) is 2. The smallest absolute Gasteiger partial charge is 0.0285 e. The van der Waals surface area contributed by atoms with E-state index in [1.165, 1.54) is 0 Å². The molecule has 0 saturated carbocycles. The van der Waals surface area contributed by atoms with E-state index >= 15 is 0 Å². The van der Waals surface area contributed by atoms with Crippen LogP contribution in [0.25, 0.3) is 0 Å². The monoisotopic (exact) mass is 274 g/mol. The van der Waals surface area contributed by atoms with Gasteiger partial charge in [-0.15, -0.1) is 0 Å². The van der Waals surface area contributed by atoms with Crippen molar-refractivity contribution in [2.75, 3.05) is 0 Å². The van der Waals surface area contributed by atoms with E-state index in [0.29, 0.717) is 0 Å². The summed E-state index contributed by atoms with van der Waals surface area (Å²) in [4.78, 5) is 0. The average Bonchev–Trinajstić information content (AvgIpc) is 1.36. The molecule has 0 aromatic heterocycles. The summed E-state index contributed by atoms with van der Waals surface area (Å²) in [5.41, 5.74) is 0. The van der Waals surface area contributed by atoms with Crippen LogP contribution in [-0.4, -0.2) is 19.8 Å². The first kappa shape index (κ1) is 11.6. The molecule has 7 heteroatoms. The second-order valence-corrected chi connectivity index (χ2v) is 1.09. The topological polar surface area (TPSA) is 46.9 Å². The van der Waals surface area contributed by atoms with E-state index in [1.54, 1.807) is 0 Å². The third kappa shape index (κ3) is 7.77. The minimum absolute atomic E-state index is 0. The van der Waals surface area contributed by atoms with E-state index in [-0.39, 0.29) is 50.2 Å². The van der Waals surface area contributed by atoms with Crippen LogP contribution in [-0.2, 0) is 0 Å². The Morgan fingerprint density at radius 3 is 1.14 bits per heavy atom.